The summed E-state index contributed by atoms with van der Waals surface area (Å²) in [6.07, 6.45) is -1.12. The quantitative estimate of drug-likeness (QED) is 0.653. The predicted molar refractivity (Wildman–Crippen MR) is 53.4 cm³/mol. The van der Waals surface area contributed by atoms with E-state index >= 15 is 0 Å². The van der Waals surface area contributed by atoms with Crippen LogP contribution in [0.25, 0.3) is 0 Å². The minimum Gasteiger partial charge on any atom is -0.506 e. The van der Waals surface area contributed by atoms with E-state index in [0.717, 1.165) is 0 Å². The molecule has 0 heterocycles. The van der Waals surface area contributed by atoms with Gasteiger partial charge in [-0.1, -0.05) is 11.6 Å². The molecule has 5 heteroatoms. The fourth-order valence-corrected chi connectivity index (χ4v) is 1.01. The summed E-state index contributed by atoms with van der Waals surface area (Å²) in [5.41, 5.74) is 0.223. The number of anilines is 1. The Morgan fingerprint density at radius 1 is 1.57 bits per heavy atom. The second-order valence-corrected chi connectivity index (χ2v) is 3.26. The highest BCUT2D eigenvalue weighted by Crippen LogP contribution is 2.26. The Hall–Kier alpha value is -1.26. The van der Waals surface area contributed by atoms with Gasteiger partial charge in [0.25, 0.3) is 5.91 Å². The third-order valence-corrected chi connectivity index (χ3v) is 1.83. The first kappa shape index (κ1) is 10.8. The zero-order valence-corrected chi connectivity index (χ0v) is 8.25. The van der Waals surface area contributed by atoms with E-state index in [9.17, 15) is 9.90 Å². The van der Waals surface area contributed by atoms with Crippen LogP contribution in [-0.4, -0.2) is 22.2 Å². The molecule has 0 unspecified atom stereocenters. The molecule has 1 rings (SSSR count). The van der Waals surface area contributed by atoms with Gasteiger partial charge in [0.2, 0.25) is 0 Å². The van der Waals surface area contributed by atoms with Crippen molar-refractivity contribution in [3.8, 4) is 5.75 Å². The zero-order chi connectivity index (χ0) is 10.7. The van der Waals surface area contributed by atoms with Gasteiger partial charge in [0.15, 0.2) is 0 Å². The Balaban J connectivity index is 2.82. The van der Waals surface area contributed by atoms with Gasteiger partial charge in [-0.3, -0.25) is 4.79 Å². The summed E-state index contributed by atoms with van der Waals surface area (Å²) in [5, 5.41) is 21.0. The fraction of sp³-hybridized carbons (Fsp3) is 0.222. The summed E-state index contributed by atoms with van der Waals surface area (Å²) in [4.78, 5) is 11.0. The van der Waals surface area contributed by atoms with Crippen molar-refractivity contribution in [3.05, 3.63) is 23.2 Å². The number of benzene rings is 1. The lowest BCUT2D eigenvalue weighted by atomic mass is 10.2. The molecule has 76 valence electrons. The average molecular weight is 216 g/mol. The minimum atomic E-state index is -1.12. The summed E-state index contributed by atoms with van der Waals surface area (Å²) in [6, 6.07) is 4.29. The first-order chi connectivity index (χ1) is 6.50. The predicted octanol–water partition coefficient (Wildman–Crippen LogP) is 1.36. The summed E-state index contributed by atoms with van der Waals surface area (Å²) < 4.78 is 0. The monoisotopic (exact) mass is 215 g/mol. The van der Waals surface area contributed by atoms with Crippen molar-refractivity contribution in [3.63, 3.8) is 0 Å². The first-order valence-electron chi connectivity index (χ1n) is 3.98. The fourth-order valence-electron chi connectivity index (χ4n) is 0.848. The number of aromatic hydroxyl groups is 1. The van der Waals surface area contributed by atoms with Crippen molar-refractivity contribution in [2.75, 3.05) is 5.32 Å². The van der Waals surface area contributed by atoms with Crippen LogP contribution in [0.4, 0.5) is 5.69 Å². The van der Waals surface area contributed by atoms with Gasteiger partial charge in [-0.05, 0) is 19.1 Å². The van der Waals surface area contributed by atoms with Crippen LogP contribution in [-0.2, 0) is 4.79 Å². The van der Waals surface area contributed by atoms with E-state index in [-0.39, 0.29) is 11.4 Å². The summed E-state index contributed by atoms with van der Waals surface area (Å²) in [7, 11) is 0. The summed E-state index contributed by atoms with van der Waals surface area (Å²) in [6.45, 7) is 1.34. The molecule has 1 aromatic rings. The number of phenolic OH excluding ortho intramolecular Hbond substituents is 1. The molecule has 0 aliphatic carbocycles. The van der Waals surface area contributed by atoms with Crippen molar-refractivity contribution < 1.29 is 15.0 Å². The standard InChI is InChI=1S/C9H10ClNO3/c1-5(12)9(14)11-7-3-2-6(10)4-8(7)13/h2-5,12-13H,1H3,(H,11,14)/t5-/m0/s1. The highest BCUT2D eigenvalue weighted by molar-refractivity contribution is 6.30. The highest BCUT2D eigenvalue weighted by atomic mass is 35.5. The third-order valence-electron chi connectivity index (χ3n) is 1.60. The molecule has 4 nitrogen and oxygen atoms in total. The molecule has 0 fully saturated rings. The zero-order valence-electron chi connectivity index (χ0n) is 7.49. The van der Waals surface area contributed by atoms with E-state index in [1.165, 1.54) is 25.1 Å². The van der Waals surface area contributed by atoms with E-state index in [2.05, 4.69) is 5.32 Å². The Kier molecular flexibility index (Phi) is 3.33. The van der Waals surface area contributed by atoms with Crippen LogP contribution in [0, 0.1) is 0 Å². The molecule has 1 aromatic carbocycles. The van der Waals surface area contributed by atoms with E-state index in [1.54, 1.807) is 0 Å². The smallest absolute Gasteiger partial charge is 0.253 e. The number of aliphatic hydroxyl groups is 1. The van der Waals surface area contributed by atoms with Gasteiger partial charge in [-0.2, -0.15) is 0 Å². The number of hydrogen-bond acceptors (Lipinski definition) is 3. The lowest BCUT2D eigenvalue weighted by Crippen LogP contribution is -2.24. The van der Waals surface area contributed by atoms with Gasteiger partial charge in [0, 0.05) is 11.1 Å². The molecule has 1 amide bonds. The highest BCUT2D eigenvalue weighted by Gasteiger charge is 2.11. The van der Waals surface area contributed by atoms with E-state index < -0.39 is 12.0 Å². The topological polar surface area (TPSA) is 69.6 Å². The number of carbonyl (C=O) groups excluding carboxylic acids is 1. The molecule has 0 saturated heterocycles. The summed E-state index contributed by atoms with van der Waals surface area (Å²) in [5.74, 6) is -0.714. The van der Waals surface area contributed by atoms with Crippen LogP contribution in [0.3, 0.4) is 0 Å². The van der Waals surface area contributed by atoms with Crippen molar-refractivity contribution in [1.29, 1.82) is 0 Å². The van der Waals surface area contributed by atoms with Gasteiger partial charge in [-0.15, -0.1) is 0 Å². The van der Waals surface area contributed by atoms with Crippen molar-refractivity contribution >= 4 is 23.2 Å². The Morgan fingerprint density at radius 2 is 2.21 bits per heavy atom. The number of nitrogens with one attached hydrogen (secondary N) is 1. The molecule has 0 aromatic heterocycles. The van der Waals surface area contributed by atoms with Crippen LogP contribution in [0.15, 0.2) is 18.2 Å². The maximum absolute atomic E-state index is 11.0. The number of phenols is 1. The second kappa shape index (κ2) is 4.30. The van der Waals surface area contributed by atoms with Crippen LogP contribution >= 0.6 is 11.6 Å². The SMILES string of the molecule is C[C@H](O)C(=O)Nc1ccc(Cl)cc1O. The van der Waals surface area contributed by atoms with Crippen molar-refractivity contribution in [2.24, 2.45) is 0 Å². The Bertz CT molecular complexity index is 352. The van der Waals surface area contributed by atoms with Gasteiger partial charge in [0.05, 0.1) is 5.69 Å². The lowest BCUT2D eigenvalue weighted by molar-refractivity contribution is -0.123. The molecular weight excluding hydrogens is 206 g/mol. The van der Waals surface area contributed by atoms with Crippen LogP contribution in [0.5, 0.6) is 5.75 Å². The molecule has 0 saturated carbocycles. The Morgan fingerprint density at radius 3 is 2.71 bits per heavy atom. The first-order valence-corrected chi connectivity index (χ1v) is 4.36. The third kappa shape index (κ3) is 2.61. The van der Waals surface area contributed by atoms with E-state index in [4.69, 9.17) is 16.7 Å². The summed E-state index contributed by atoms with van der Waals surface area (Å²) >= 11 is 5.59. The van der Waals surface area contributed by atoms with E-state index in [1.807, 2.05) is 0 Å². The molecule has 0 radical (unpaired) electrons. The van der Waals surface area contributed by atoms with Gasteiger partial charge in [0.1, 0.15) is 11.9 Å². The molecule has 14 heavy (non-hydrogen) atoms. The molecule has 0 bridgehead atoms. The largest absolute Gasteiger partial charge is 0.506 e. The Labute approximate surface area is 86.1 Å². The molecule has 0 aliphatic heterocycles. The average Bonchev–Trinajstić information content (AvgIpc) is 2.09. The number of hydrogen-bond donors (Lipinski definition) is 3. The molecule has 0 spiro atoms. The van der Waals surface area contributed by atoms with Crippen LogP contribution in [0.1, 0.15) is 6.92 Å². The number of rotatable bonds is 2. The maximum atomic E-state index is 11.0. The maximum Gasteiger partial charge on any atom is 0.253 e. The molecule has 1 atom stereocenters. The number of amides is 1. The van der Waals surface area contributed by atoms with Gasteiger partial charge < -0.3 is 15.5 Å². The van der Waals surface area contributed by atoms with Crippen molar-refractivity contribution in [1.82, 2.24) is 0 Å². The number of aliphatic hydroxyl groups excluding tert-OH is 1. The van der Waals surface area contributed by atoms with Gasteiger partial charge in [-0.25, -0.2) is 0 Å². The number of halogens is 1. The molecular formula is C9H10ClNO3. The second-order valence-electron chi connectivity index (χ2n) is 2.83. The number of carbonyl (C=O) groups is 1. The normalized spacial score (nSPS) is 12.2. The van der Waals surface area contributed by atoms with Crippen molar-refractivity contribution in [2.45, 2.75) is 13.0 Å². The lowest BCUT2D eigenvalue weighted by Gasteiger charge is -2.08. The molecule has 3 N–H and O–H groups in total. The minimum absolute atomic E-state index is 0.133. The van der Waals surface area contributed by atoms with Gasteiger partial charge >= 0.3 is 0 Å². The van der Waals surface area contributed by atoms with Crippen LogP contribution < -0.4 is 5.32 Å². The van der Waals surface area contributed by atoms with E-state index in [0.29, 0.717) is 5.02 Å². The molecule has 0 aliphatic rings. The van der Waals surface area contributed by atoms with Crippen LogP contribution in [0.2, 0.25) is 5.02 Å².